The number of aliphatic carboxylic acids is 1. The van der Waals surface area contributed by atoms with Gasteiger partial charge >= 0.3 is 5.97 Å². The van der Waals surface area contributed by atoms with Crippen LogP contribution in [0.15, 0.2) is 9.98 Å². The number of carbonyl (C=O) groups excluding carboxylic acids is 3. The summed E-state index contributed by atoms with van der Waals surface area (Å²) in [6, 6.07) is -4.12. The highest BCUT2D eigenvalue weighted by molar-refractivity contribution is 5.94. The van der Waals surface area contributed by atoms with Crippen LogP contribution in [0.3, 0.4) is 0 Å². The molecule has 0 saturated heterocycles. The third-order valence-electron chi connectivity index (χ3n) is 6.24. The molecule has 0 spiro atoms. The topological polar surface area (TPSA) is 305 Å². The van der Waals surface area contributed by atoms with Crippen molar-refractivity contribution in [3.8, 4) is 0 Å². The Kier molecular flexibility index (Phi) is 18.4. The summed E-state index contributed by atoms with van der Waals surface area (Å²) in [7, 11) is 0. The van der Waals surface area contributed by atoms with Gasteiger partial charge in [-0.3, -0.25) is 24.4 Å². The van der Waals surface area contributed by atoms with Gasteiger partial charge in [0.15, 0.2) is 11.9 Å². The molecule has 0 aliphatic heterocycles. The molecule has 0 aromatic carbocycles. The van der Waals surface area contributed by atoms with Crippen LogP contribution >= 0.6 is 0 Å². The fourth-order valence-corrected chi connectivity index (χ4v) is 3.67. The third kappa shape index (κ3) is 15.7. The number of carboxylic acid groups (broad SMARTS) is 1. The zero-order valence-corrected chi connectivity index (χ0v) is 23.6. The van der Waals surface area contributed by atoms with Gasteiger partial charge in [-0.1, -0.05) is 20.3 Å². The lowest BCUT2D eigenvalue weighted by Gasteiger charge is -2.28. The fourth-order valence-electron chi connectivity index (χ4n) is 3.67. The van der Waals surface area contributed by atoms with Crippen molar-refractivity contribution < 1.29 is 24.3 Å². The number of hydrogen-bond donors (Lipinski definition) is 10. The molecular formula is C24H49N11O5. The molecule has 16 nitrogen and oxygen atoms in total. The van der Waals surface area contributed by atoms with E-state index in [-0.39, 0.29) is 37.2 Å². The van der Waals surface area contributed by atoms with Gasteiger partial charge in [-0.15, -0.1) is 0 Å². The highest BCUT2D eigenvalue weighted by Crippen LogP contribution is 2.11. The number of carbonyl (C=O) groups is 4. The molecule has 5 unspecified atom stereocenters. The summed E-state index contributed by atoms with van der Waals surface area (Å²) in [5, 5.41) is 17.4. The van der Waals surface area contributed by atoms with Gasteiger partial charge < -0.3 is 55.5 Å². The lowest BCUT2D eigenvalue weighted by atomic mass is 9.96. The van der Waals surface area contributed by atoms with Gasteiger partial charge in [-0.2, -0.15) is 0 Å². The van der Waals surface area contributed by atoms with E-state index >= 15 is 0 Å². The van der Waals surface area contributed by atoms with Crippen LogP contribution in [-0.4, -0.2) is 84.5 Å². The number of aliphatic imine (C=N–C) groups is 2. The van der Waals surface area contributed by atoms with E-state index in [1.54, 1.807) is 6.92 Å². The molecule has 0 aliphatic carbocycles. The summed E-state index contributed by atoms with van der Waals surface area (Å²) in [5.41, 5.74) is 32.7. The molecule has 0 aromatic rings. The van der Waals surface area contributed by atoms with Gasteiger partial charge in [-0.25, -0.2) is 4.79 Å². The molecule has 0 rings (SSSR count). The number of nitrogens with zero attached hydrogens (tertiary/aromatic N) is 2. The molecule has 0 aliphatic rings. The molecule has 0 saturated carbocycles. The Labute approximate surface area is 235 Å². The zero-order chi connectivity index (χ0) is 30.7. The van der Waals surface area contributed by atoms with E-state index in [1.807, 2.05) is 6.92 Å². The van der Waals surface area contributed by atoms with Crippen molar-refractivity contribution >= 4 is 35.6 Å². The van der Waals surface area contributed by atoms with E-state index in [9.17, 15) is 24.3 Å². The Morgan fingerprint density at radius 2 is 1.27 bits per heavy atom. The highest BCUT2D eigenvalue weighted by Gasteiger charge is 2.32. The summed E-state index contributed by atoms with van der Waals surface area (Å²) in [6.45, 7) is 4.54. The van der Waals surface area contributed by atoms with Gasteiger partial charge in [-0.05, 0) is 57.4 Å². The maximum atomic E-state index is 13.3. The van der Waals surface area contributed by atoms with Crippen molar-refractivity contribution in [1.82, 2.24) is 16.0 Å². The van der Waals surface area contributed by atoms with Gasteiger partial charge in [0.1, 0.15) is 18.1 Å². The van der Waals surface area contributed by atoms with Crippen molar-refractivity contribution in [2.24, 2.45) is 50.3 Å². The Balaban J connectivity index is 5.49. The molecule has 0 aromatic heterocycles. The molecular weight excluding hydrogens is 522 g/mol. The first-order valence-corrected chi connectivity index (χ1v) is 13.5. The lowest BCUT2D eigenvalue weighted by Crippen LogP contribution is -2.58. The Morgan fingerprint density at radius 1 is 0.750 bits per heavy atom. The second-order valence-electron chi connectivity index (χ2n) is 9.62. The largest absolute Gasteiger partial charge is 0.480 e. The standard InChI is InChI=1S/C24H49N11O5/c1-3-14(2)18(35-19(36)15(26)8-6-12-31-23(27)28)21(38)33-16(9-4-5-11-25)20(37)34-17(22(39)40)10-7-13-32-24(29)30/h14-18H,3-13,25-26H2,1-2H3,(H,33,38)(H,34,37)(H,35,36)(H,39,40)(H4,27,28,31)(H4,29,30,32). The van der Waals surface area contributed by atoms with E-state index in [0.717, 1.165) is 0 Å². The van der Waals surface area contributed by atoms with Crippen molar-refractivity contribution in [1.29, 1.82) is 0 Å². The molecule has 16 heteroatoms. The minimum atomic E-state index is -1.23. The second-order valence-corrected chi connectivity index (χ2v) is 9.62. The number of amides is 3. The van der Waals surface area contributed by atoms with Crippen molar-refractivity contribution in [2.75, 3.05) is 19.6 Å². The second kappa shape index (κ2) is 20.3. The van der Waals surface area contributed by atoms with Gasteiger partial charge in [0.05, 0.1) is 6.04 Å². The Bertz CT molecular complexity index is 860. The minimum absolute atomic E-state index is 0.0581. The molecule has 0 heterocycles. The van der Waals surface area contributed by atoms with E-state index < -0.39 is 47.9 Å². The quantitative estimate of drug-likeness (QED) is 0.0379. The van der Waals surface area contributed by atoms with Gasteiger partial charge in [0, 0.05) is 13.1 Å². The first-order valence-electron chi connectivity index (χ1n) is 13.5. The van der Waals surface area contributed by atoms with E-state index in [2.05, 4.69) is 25.9 Å². The van der Waals surface area contributed by atoms with Crippen LogP contribution in [0.1, 0.15) is 65.2 Å². The summed E-state index contributed by atoms with van der Waals surface area (Å²) >= 11 is 0. The van der Waals surface area contributed by atoms with Crippen LogP contribution in [-0.2, 0) is 19.2 Å². The maximum Gasteiger partial charge on any atom is 0.326 e. The number of guanidine groups is 2. The van der Waals surface area contributed by atoms with E-state index in [1.165, 1.54) is 0 Å². The van der Waals surface area contributed by atoms with Crippen LogP contribution < -0.4 is 50.4 Å². The van der Waals surface area contributed by atoms with Gasteiger partial charge in [0.2, 0.25) is 17.7 Å². The maximum absolute atomic E-state index is 13.3. The summed E-state index contributed by atoms with van der Waals surface area (Å²) < 4.78 is 0. The lowest BCUT2D eigenvalue weighted by molar-refractivity contribution is -0.142. The van der Waals surface area contributed by atoms with Gasteiger partial charge in [0.25, 0.3) is 0 Å². The first kappa shape index (κ1) is 36.3. The predicted molar refractivity (Wildman–Crippen MR) is 154 cm³/mol. The molecule has 5 atom stereocenters. The highest BCUT2D eigenvalue weighted by atomic mass is 16.4. The summed E-state index contributed by atoms with van der Waals surface area (Å²) in [5.74, 6) is -3.46. The van der Waals surface area contributed by atoms with Crippen molar-refractivity contribution in [3.63, 3.8) is 0 Å². The van der Waals surface area contributed by atoms with E-state index in [4.69, 9.17) is 34.4 Å². The van der Waals surface area contributed by atoms with Crippen LogP contribution in [0.25, 0.3) is 0 Å². The number of hydrogen-bond acceptors (Lipinski definition) is 8. The number of rotatable bonds is 21. The molecule has 3 amide bonds. The smallest absolute Gasteiger partial charge is 0.326 e. The Hall–Kier alpha value is -3.66. The molecule has 40 heavy (non-hydrogen) atoms. The molecule has 0 radical (unpaired) electrons. The average molecular weight is 572 g/mol. The predicted octanol–water partition coefficient (Wildman–Crippen LogP) is -2.87. The van der Waals surface area contributed by atoms with Crippen LogP contribution in [0, 0.1) is 5.92 Å². The molecule has 0 fully saturated rings. The van der Waals surface area contributed by atoms with Crippen LogP contribution in [0.4, 0.5) is 0 Å². The fraction of sp³-hybridized carbons (Fsp3) is 0.750. The Morgan fingerprint density at radius 3 is 1.77 bits per heavy atom. The number of carboxylic acids is 1. The van der Waals surface area contributed by atoms with E-state index in [0.29, 0.717) is 51.6 Å². The monoisotopic (exact) mass is 571 g/mol. The normalized spacial score (nSPS) is 14.5. The van der Waals surface area contributed by atoms with Crippen molar-refractivity contribution in [2.45, 2.75) is 89.4 Å². The third-order valence-corrected chi connectivity index (χ3v) is 6.24. The zero-order valence-electron chi connectivity index (χ0n) is 23.6. The minimum Gasteiger partial charge on any atom is -0.480 e. The number of nitrogens with one attached hydrogen (secondary N) is 3. The first-order chi connectivity index (χ1) is 18.8. The SMILES string of the molecule is CCC(C)C(NC(=O)C(N)CCCN=C(N)N)C(=O)NC(CCCCN)C(=O)NC(CCCN=C(N)N)C(=O)O. The van der Waals surface area contributed by atoms with Crippen LogP contribution in [0.5, 0.6) is 0 Å². The van der Waals surface area contributed by atoms with Crippen molar-refractivity contribution in [3.05, 3.63) is 0 Å². The molecule has 230 valence electrons. The molecule has 16 N–H and O–H groups in total. The average Bonchev–Trinajstić information content (AvgIpc) is 2.89. The number of unbranched alkanes of at least 4 members (excludes halogenated alkanes) is 1. The summed E-state index contributed by atoms with van der Waals surface area (Å²) in [4.78, 5) is 58.5. The van der Waals surface area contributed by atoms with Crippen LogP contribution in [0.2, 0.25) is 0 Å². The molecule has 0 bridgehead atoms. The number of nitrogens with two attached hydrogens (primary N) is 6. The summed E-state index contributed by atoms with van der Waals surface area (Å²) in [6.07, 6.45) is 3.04.